The molecule has 1 aromatic rings. The number of nitrogens with zero attached hydrogens (tertiary/aromatic N) is 2. The Kier molecular flexibility index (Phi) is 3.57. The first-order valence-corrected chi connectivity index (χ1v) is 6.88. The Hall–Kier alpha value is -0.830. The van der Waals surface area contributed by atoms with E-state index in [0.717, 1.165) is 18.5 Å². The van der Waals surface area contributed by atoms with Gasteiger partial charge >= 0.3 is 0 Å². The number of rotatable bonds is 5. The Morgan fingerprint density at radius 3 is 2.59 bits per heavy atom. The van der Waals surface area contributed by atoms with E-state index >= 15 is 0 Å². The average molecular weight is 235 g/mol. The maximum absolute atomic E-state index is 4.59. The lowest BCUT2D eigenvalue weighted by Crippen LogP contribution is -2.23. The minimum absolute atomic E-state index is 0.428. The minimum atomic E-state index is 0.428. The molecule has 96 valence electrons. The molecule has 17 heavy (non-hydrogen) atoms. The summed E-state index contributed by atoms with van der Waals surface area (Å²) in [5, 5.41) is 8.33. The third-order valence-corrected chi connectivity index (χ3v) is 4.08. The van der Waals surface area contributed by atoms with E-state index in [1.807, 2.05) is 0 Å². The van der Waals surface area contributed by atoms with E-state index < -0.39 is 0 Å². The molecule has 0 saturated heterocycles. The summed E-state index contributed by atoms with van der Waals surface area (Å²) in [6.07, 6.45) is 2.65. The van der Waals surface area contributed by atoms with E-state index in [9.17, 15) is 0 Å². The zero-order valence-corrected chi connectivity index (χ0v) is 11.7. The van der Waals surface area contributed by atoms with Crippen molar-refractivity contribution in [3.8, 4) is 0 Å². The molecule has 1 aliphatic carbocycles. The van der Waals surface area contributed by atoms with Gasteiger partial charge in [0.2, 0.25) is 0 Å². The van der Waals surface area contributed by atoms with Crippen LogP contribution in [0.15, 0.2) is 0 Å². The molecule has 0 aromatic carbocycles. The van der Waals surface area contributed by atoms with Gasteiger partial charge in [0.25, 0.3) is 0 Å². The molecule has 1 aromatic heterocycles. The average Bonchev–Trinajstić information content (AvgIpc) is 2.97. The smallest absolute Gasteiger partial charge is 0.0644 e. The summed E-state index contributed by atoms with van der Waals surface area (Å²) in [7, 11) is 0. The highest BCUT2D eigenvalue weighted by Gasteiger charge is 2.36. The molecule has 0 aliphatic heterocycles. The van der Waals surface area contributed by atoms with E-state index in [0.29, 0.717) is 6.04 Å². The van der Waals surface area contributed by atoms with Gasteiger partial charge in [0.15, 0.2) is 0 Å². The first kappa shape index (κ1) is 12.6. The van der Waals surface area contributed by atoms with Crippen LogP contribution in [0.25, 0.3) is 0 Å². The van der Waals surface area contributed by atoms with Crippen LogP contribution in [0, 0.1) is 19.8 Å². The first-order chi connectivity index (χ1) is 8.08. The summed E-state index contributed by atoms with van der Waals surface area (Å²) in [4.78, 5) is 0. The number of nitrogens with one attached hydrogen (secondary N) is 1. The molecule has 3 atom stereocenters. The summed E-state index contributed by atoms with van der Waals surface area (Å²) < 4.78 is 2.10. The van der Waals surface area contributed by atoms with Crippen LogP contribution in [0.5, 0.6) is 0 Å². The molecule has 0 spiro atoms. The van der Waals surface area contributed by atoms with Crippen molar-refractivity contribution < 1.29 is 0 Å². The Bertz CT molecular complexity index is 394. The van der Waals surface area contributed by atoms with Gasteiger partial charge in [-0.2, -0.15) is 5.10 Å². The summed E-state index contributed by atoms with van der Waals surface area (Å²) in [5.41, 5.74) is 3.89. The molecule has 3 unspecified atom stereocenters. The largest absolute Gasteiger partial charge is 0.307 e. The molecule has 3 nitrogen and oxygen atoms in total. The molecule has 3 heteroatoms. The van der Waals surface area contributed by atoms with Gasteiger partial charge in [-0.1, -0.05) is 13.3 Å². The summed E-state index contributed by atoms with van der Waals surface area (Å²) in [5.74, 6) is 0.902. The van der Waals surface area contributed by atoms with E-state index in [1.54, 1.807) is 0 Å². The summed E-state index contributed by atoms with van der Waals surface area (Å²) >= 11 is 0. The van der Waals surface area contributed by atoms with E-state index in [4.69, 9.17) is 0 Å². The SMILES string of the molecule is CCC1CC1NC(C)c1c(C)nn(CC)c1C. The van der Waals surface area contributed by atoms with Crippen LogP contribution in [-0.4, -0.2) is 15.8 Å². The van der Waals surface area contributed by atoms with Gasteiger partial charge in [0, 0.05) is 29.9 Å². The van der Waals surface area contributed by atoms with Crippen molar-refractivity contribution in [1.82, 2.24) is 15.1 Å². The molecular weight excluding hydrogens is 210 g/mol. The lowest BCUT2D eigenvalue weighted by molar-refractivity contribution is 0.534. The highest BCUT2D eigenvalue weighted by atomic mass is 15.3. The normalized spacial score (nSPS) is 25.0. The van der Waals surface area contributed by atoms with Crippen molar-refractivity contribution in [3.63, 3.8) is 0 Å². The van der Waals surface area contributed by atoms with Crippen molar-refractivity contribution in [2.24, 2.45) is 5.92 Å². The molecule has 1 heterocycles. The van der Waals surface area contributed by atoms with Crippen LogP contribution >= 0.6 is 0 Å². The number of aryl methyl sites for hydroxylation is 2. The second kappa shape index (κ2) is 4.81. The van der Waals surface area contributed by atoms with Crippen molar-refractivity contribution in [2.75, 3.05) is 0 Å². The Balaban J connectivity index is 2.08. The maximum atomic E-state index is 4.59. The van der Waals surface area contributed by atoms with Crippen LogP contribution < -0.4 is 5.32 Å². The minimum Gasteiger partial charge on any atom is -0.307 e. The number of hydrogen-bond donors (Lipinski definition) is 1. The molecule has 1 N–H and O–H groups in total. The zero-order chi connectivity index (χ0) is 12.6. The van der Waals surface area contributed by atoms with Gasteiger partial charge < -0.3 is 5.32 Å². The Morgan fingerprint density at radius 1 is 1.41 bits per heavy atom. The van der Waals surface area contributed by atoms with Crippen LogP contribution in [0.4, 0.5) is 0 Å². The van der Waals surface area contributed by atoms with E-state index in [2.05, 4.69) is 49.7 Å². The third kappa shape index (κ3) is 2.39. The van der Waals surface area contributed by atoms with Gasteiger partial charge in [0.05, 0.1) is 5.69 Å². The van der Waals surface area contributed by atoms with Gasteiger partial charge in [0.1, 0.15) is 0 Å². The first-order valence-electron chi connectivity index (χ1n) is 6.88. The molecule has 1 saturated carbocycles. The molecule has 2 rings (SSSR count). The van der Waals surface area contributed by atoms with Crippen LogP contribution in [-0.2, 0) is 6.54 Å². The quantitative estimate of drug-likeness (QED) is 0.850. The zero-order valence-electron chi connectivity index (χ0n) is 11.7. The molecule has 0 radical (unpaired) electrons. The lowest BCUT2D eigenvalue weighted by Gasteiger charge is -2.15. The second-order valence-corrected chi connectivity index (χ2v) is 5.30. The van der Waals surface area contributed by atoms with E-state index in [-0.39, 0.29) is 0 Å². The predicted molar refractivity (Wildman–Crippen MR) is 71.1 cm³/mol. The van der Waals surface area contributed by atoms with Crippen molar-refractivity contribution in [2.45, 2.75) is 66.1 Å². The molecule has 0 bridgehead atoms. The molecule has 1 aliphatic rings. The lowest BCUT2D eigenvalue weighted by atomic mass is 10.1. The molecular formula is C14H25N3. The van der Waals surface area contributed by atoms with Gasteiger partial charge in [-0.15, -0.1) is 0 Å². The summed E-state index contributed by atoms with van der Waals surface area (Å²) in [6.45, 7) is 12.0. The van der Waals surface area contributed by atoms with Crippen LogP contribution in [0.3, 0.4) is 0 Å². The Labute approximate surface area is 105 Å². The monoisotopic (exact) mass is 235 g/mol. The Morgan fingerprint density at radius 2 is 2.12 bits per heavy atom. The highest BCUT2D eigenvalue weighted by molar-refractivity contribution is 5.28. The van der Waals surface area contributed by atoms with Crippen LogP contribution in [0.2, 0.25) is 0 Å². The van der Waals surface area contributed by atoms with Crippen molar-refractivity contribution in [1.29, 1.82) is 0 Å². The van der Waals surface area contributed by atoms with Crippen LogP contribution in [0.1, 0.15) is 56.6 Å². The predicted octanol–water partition coefficient (Wildman–Crippen LogP) is 2.97. The fourth-order valence-corrected chi connectivity index (χ4v) is 2.95. The third-order valence-electron chi connectivity index (χ3n) is 4.08. The fraction of sp³-hybridized carbons (Fsp3) is 0.786. The topological polar surface area (TPSA) is 29.9 Å². The van der Waals surface area contributed by atoms with Gasteiger partial charge in [-0.3, -0.25) is 4.68 Å². The fourth-order valence-electron chi connectivity index (χ4n) is 2.95. The second-order valence-electron chi connectivity index (χ2n) is 5.30. The van der Waals surface area contributed by atoms with Gasteiger partial charge in [-0.25, -0.2) is 0 Å². The molecule has 0 amide bonds. The van der Waals surface area contributed by atoms with E-state index in [1.165, 1.54) is 29.8 Å². The van der Waals surface area contributed by atoms with Crippen molar-refractivity contribution in [3.05, 3.63) is 17.0 Å². The van der Waals surface area contributed by atoms with Crippen molar-refractivity contribution >= 4 is 0 Å². The standard InChI is InChI=1S/C14H25N3/c1-6-12-8-13(12)15-9(3)14-10(4)16-17(7-2)11(14)5/h9,12-13,15H,6-8H2,1-5H3. The molecule has 1 fully saturated rings. The van der Waals surface area contributed by atoms with Gasteiger partial charge in [-0.05, 0) is 40.0 Å². The maximum Gasteiger partial charge on any atom is 0.0644 e. The number of hydrogen-bond acceptors (Lipinski definition) is 2. The number of aromatic nitrogens is 2. The highest BCUT2D eigenvalue weighted by Crippen LogP contribution is 2.35. The summed E-state index contributed by atoms with van der Waals surface area (Å²) in [6, 6.07) is 1.16.